The SMILES string of the molecule is CC(=O)c1ccc(NC(=O)C(Cc2ccc(C(OC(=O)O)c3ccccc3)c(Br)c2)NC(=O)C2CCC(CN)CC2)cc1. The zero-order chi connectivity index (χ0) is 30.9. The molecule has 5 N–H and O–H groups in total. The number of ketones is 1. The number of hydrogen-bond donors (Lipinski definition) is 4. The van der Waals surface area contributed by atoms with Crippen molar-refractivity contribution in [2.24, 2.45) is 17.6 Å². The Morgan fingerprint density at radius 3 is 2.23 bits per heavy atom. The van der Waals surface area contributed by atoms with Crippen LogP contribution in [0.25, 0.3) is 0 Å². The molecule has 2 atom stereocenters. The summed E-state index contributed by atoms with van der Waals surface area (Å²) in [5.41, 5.74) is 8.87. The van der Waals surface area contributed by atoms with Crippen LogP contribution in [-0.2, 0) is 20.7 Å². The first-order valence-electron chi connectivity index (χ1n) is 14.3. The lowest BCUT2D eigenvalue weighted by atomic mass is 9.81. The molecule has 1 aliphatic rings. The van der Waals surface area contributed by atoms with Gasteiger partial charge in [0, 0.05) is 33.6 Å². The summed E-state index contributed by atoms with van der Waals surface area (Å²) in [5.74, 6) is -0.415. The predicted octanol–water partition coefficient (Wildman–Crippen LogP) is 5.87. The molecular weight excluding hydrogens is 614 g/mol. The van der Waals surface area contributed by atoms with Crippen LogP contribution in [0.4, 0.5) is 10.5 Å². The second-order valence-corrected chi connectivity index (χ2v) is 11.7. The molecule has 4 rings (SSSR count). The molecule has 0 saturated heterocycles. The van der Waals surface area contributed by atoms with Crippen molar-refractivity contribution < 1.29 is 29.0 Å². The summed E-state index contributed by atoms with van der Waals surface area (Å²) < 4.78 is 5.83. The summed E-state index contributed by atoms with van der Waals surface area (Å²) in [6, 6.07) is 20.1. The number of hydrogen-bond acceptors (Lipinski definition) is 6. The topological polar surface area (TPSA) is 148 Å². The van der Waals surface area contributed by atoms with Crippen molar-refractivity contribution in [1.29, 1.82) is 0 Å². The molecule has 226 valence electrons. The van der Waals surface area contributed by atoms with Gasteiger partial charge < -0.3 is 26.2 Å². The minimum atomic E-state index is -1.40. The highest BCUT2D eigenvalue weighted by atomic mass is 79.9. The fourth-order valence-corrected chi connectivity index (χ4v) is 6.00. The lowest BCUT2D eigenvalue weighted by Crippen LogP contribution is -2.48. The molecule has 0 aromatic heterocycles. The molecule has 1 fully saturated rings. The molecule has 10 heteroatoms. The highest BCUT2D eigenvalue weighted by Crippen LogP contribution is 2.33. The van der Waals surface area contributed by atoms with Crippen LogP contribution >= 0.6 is 15.9 Å². The van der Waals surface area contributed by atoms with Gasteiger partial charge >= 0.3 is 6.16 Å². The first kappa shape index (κ1) is 31.9. The number of amides is 2. The Morgan fingerprint density at radius 1 is 0.977 bits per heavy atom. The minimum absolute atomic E-state index is 0.0790. The Balaban J connectivity index is 1.55. The van der Waals surface area contributed by atoms with Crippen molar-refractivity contribution in [2.45, 2.75) is 51.2 Å². The first-order chi connectivity index (χ1) is 20.6. The number of rotatable bonds is 11. The second-order valence-electron chi connectivity index (χ2n) is 10.9. The van der Waals surface area contributed by atoms with Gasteiger partial charge in [0.1, 0.15) is 6.04 Å². The van der Waals surface area contributed by atoms with Gasteiger partial charge in [-0.05, 0) is 86.5 Å². The molecule has 1 saturated carbocycles. The number of carbonyl (C=O) groups is 4. The standard InChI is InChI=1S/C33H36BrN3O6/c1-20(38)23-12-14-26(15-13-23)36-32(40)29(37-31(39)25-10-7-21(19-35)8-11-25)18-22-9-16-27(28(34)17-22)30(43-33(41)42)24-5-3-2-4-6-24/h2-6,9,12-17,21,25,29-30H,7-8,10-11,18-19,35H2,1H3,(H,36,40)(H,37,39)(H,41,42). The maximum Gasteiger partial charge on any atom is 0.506 e. The van der Waals surface area contributed by atoms with Crippen LogP contribution in [0, 0.1) is 11.8 Å². The fraction of sp³-hybridized carbons (Fsp3) is 0.333. The molecular formula is C33H36BrN3O6. The number of carboxylic acid groups (broad SMARTS) is 1. The maximum atomic E-state index is 13.5. The third-order valence-electron chi connectivity index (χ3n) is 7.85. The van der Waals surface area contributed by atoms with Crippen LogP contribution in [0.15, 0.2) is 77.3 Å². The van der Waals surface area contributed by atoms with Gasteiger partial charge in [-0.25, -0.2) is 4.79 Å². The highest BCUT2D eigenvalue weighted by molar-refractivity contribution is 9.10. The normalized spacial score (nSPS) is 17.7. The van der Waals surface area contributed by atoms with E-state index in [4.69, 9.17) is 10.5 Å². The highest BCUT2D eigenvalue weighted by Gasteiger charge is 2.30. The van der Waals surface area contributed by atoms with Crippen molar-refractivity contribution in [2.75, 3.05) is 11.9 Å². The first-order valence-corrected chi connectivity index (χ1v) is 15.1. The molecule has 0 spiro atoms. The second kappa shape index (κ2) is 14.9. The summed E-state index contributed by atoms with van der Waals surface area (Å²) in [7, 11) is 0. The fourth-order valence-electron chi connectivity index (χ4n) is 5.36. The van der Waals surface area contributed by atoms with Gasteiger partial charge in [-0.15, -0.1) is 0 Å². The maximum absolute atomic E-state index is 13.5. The minimum Gasteiger partial charge on any atom is -0.450 e. The Morgan fingerprint density at radius 2 is 1.65 bits per heavy atom. The van der Waals surface area contributed by atoms with Crippen LogP contribution in [0.1, 0.15) is 65.8 Å². The van der Waals surface area contributed by atoms with Crippen LogP contribution in [0.5, 0.6) is 0 Å². The van der Waals surface area contributed by atoms with Gasteiger partial charge in [0.15, 0.2) is 11.9 Å². The number of ether oxygens (including phenoxy) is 1. The van der Waals surface area contributed by atoms with E-state index in [2.05, 4.69) is 26.6 Å². The number of Topliss-reactive ketones (excluding diaryl/α,β-unsaturated/α-hetero) is 1. The third kappa shape index (κ3) is 8.75. The number of nitrogens with two attached hydrogens (primary N) is 1. The number of carbonyl (C=O) groups excluding carboxylic acids is 3. The molecule has 3 aromatic carbocycles. The number of anilines is 1. The molecule has 43 heavy (non-hydrogen) atoms. The number of nitrogens with one attached hydrogen (secondary N) is 2. The molecule has 0 bridgehead atoms. The number of halogens is 1. The van der Waals surface area contributed by atoms with E-state index in [0.717, 1.165) is 31.2 Å². The van der Waals surface area contributed by atoms with E-state index in [1.165, 1.54) is 6.92 Å². The Kier molecular flexibility index (Phi) is 11.1. The smallest absolute Gasteiger partial charge is 0.450 e. The average molecular weight is 651 g/mol. The molecule has 2 unspecified atom stereocenters. The lowest BCUT2D eigenvalue weighted by molar-refractivity contribution is -0.130. The van der Waals surface area contributed by atoms with Crippen LogP contribution in [0.2, 0.25) is 0 Å². The van der Waals surface area contributed by atoms with Crippen molar-refractivity contribution in [3.8, 4) is 0 Å². The predicted molar refractivity (Wildman–Crippen MR) is 167 cm³/mol. The van der Waals surface area contributed by atoms with Crippen LogP contribution < -0.4 is 16.4 Å². The quantitative estimate of drug-likeness (QED) is 0.150. The molecule has 2 amide bonds. The molecule has 0 aliphatic heterocycles. The molecule has 1 aliphatic carbocycles. The number of benzene rings is 3. The van der Waals surface area contributed by atoms with Gasteiger partial charge in [-0.2, -0.15) is 0 Å². The van der Waals surface area contributed by atoms with Crippen LogP contribution in [-0.4, -0.2) is 41.4 Å². The van der Waals surface area contributed by atoms with Gasteiger partial charge in [-0.3, -0.25) is 14.4 Å². The Bertz CT molecular complexity index is 1440. The largest absolute Gasteiger partial charge is 0.506 e. The van der Waals surface area contributed by atoms with Crippen LogP contribution in [0.3, 0.4) is 0 Å². The van der Waals surface area contributed by atoms with Gasteiger partial charge in [0.05, 0.1) is 0 Å². The Labute approximate surface area is 259 Å². The van der Waals surface area contributed by atoms with Crippen molar-refractivity contribution in [1.82, 2.24) is 5.32 Å². The van der Waals surface area contributed by atoms with Crippen molar-refractivity contribution in [3.05, 3.63) is 99.5 Å². The molecule has 0 radical (unpaired) electrons. The van der Waals surface area contributed by atoms with E-state index >= 15 is 0 Å². The zero-order valence-electron chi connectivity index (χ0n) is 23.9. The summed E-state index contributed by atoms with van der Waals surface area (Å²) in [4.78, 5) is 49.9. The van der Waals surface area contributed by atoms with Gasteiger partial charge in [0.2, 0.25) is 11.8 Å². The molecule has 9 nitrogen and oxygen atoms in total. The van der Waals surface area contributed by atoms with E-state index < -0.39 is 24.2 Å². The average Bonchev–Trinajstić information content (AvgIpc) is 3.00. The Hall–Kier alpha value is -4.02. The van der Waals surface area contributed by atoms with E-state index in [9.17, 15) is 24.3 Å². The third-order valence-corrected chi connectivity index (χ3v) is 8.54. The van der Waals surface area contributed by atoms with Gasteiger partial charge in [-0.1, -0.05) is 58.4 Å². The van der Waals surface area contributed by atoms with Gasteiger partial charge in [0.25, 0.3) is 0 Å². The summed E-state index contributed by atoms with van der Waals surface area (Å²) in [6.45, 7) is 2.08. The van der Waals surface area contributed by atoms with Crippen molar-refractivity contribution >= 4 is 45.4 Å². The van der Waals surface area contributed by atoms with E-state index in [1.807, 2.05) is 6.07 Å². The van der Waals surface area contributed by atoms with E-state index in [1.54, 1.807) is 66.7 Å². The molecule has 3 aromatic rings. The lowest BCUT2D eigenvalue weighted by Gasteiger charge is -2.28. The summed E-state index contributed by atoms with van der Waals surface area (Å²) in [5, 5.41) is 15.2. The summed E-state index contributed by atoms with van der Waals surface area (Å²) >= 11 is 3.56. The monoisotopic (exact) mass is 649 g/mol. The zero-order valence-corrected chi connectivity index (χ0v) is 25.5. The van der Waals surface area contributed by atoms with E-state index in [0.29, 0.717) is 39.3 Å². The summed E-state index contributed by atoms with van der Waals surface area (Å²) in [6.07, 6.45) is 1.13. The molecule has 0 heterocycles. The van der Waals surface area contributed by atoms with Crippen molar-refractivity contribution in [3.63, 3.8) is 0 Å². The van der Waals surface area contributed by atoms with E-state index in [-0.39, 0.29) is 24.0 Å².